The largest absolute Gasteiger partial charge is 0.489 e. The molecule has 0 aliphatic rings. The molecule has 2 rings (SSSR count). The highest BCUT2D eigenvalue weighted by molar-refractivity contribution is 6.30. The Morgan fingerprint density at radius 3 is 2.17 bits per heavy atom. The molecule has 0 spiro atoms. The highest BCUT2D eigenvalue weighted by atomic mass is 35.5. The summed E-state index contributed by atoms with van der Waals surface area (Å²) in [6.45, 7) is 9.35. The molecule has 0 aromatic heterocycles. The van der Waals surface area contributed by atoms with Crippen molar-refractivity contribution in [3.8, 4) is 5.75 Å². The predicted molar refractivity (Wildman–Crippen MR) is 116 cm³/mol. The van der Waals surface area contributed by atoms with Crippen LogP contribution in [0, 0.1) is 13.8 Å². The van der Waals surface area contributed by atoms with Crippen molar-refractivity contribution in [2.45, 2.75) is 59.3 Å². The zero-order valence-electron chi connectivity index (χ0n) is 17.9. The van der Waals surface area contributed by atoms with Gasteiger partial charge in [-0.15, -0.1) is 0 Å². The standard InChI is InChI=1S/C23H28ClNO5/c1-14-10-18(29-13-16-6-8-17(24)9-7-16)11-15(2)19(14)12-20(21(26)27)25-22(28)30-23(3,4)5/h6-11,20H,12-13H2,1-5H3,(H,25,28)(H,26,27)/t20-/m0/s1. The van der Waals surface area contributed by atoms with Crippen molar-refractivity contribution in [2.75, 3.05) is 0 Å². The van der Waals surface area contributed by atoms with E-state index >= 15 is 0 Å². The van der Waals surface area contributed by atoms with Crippen molar-refractivity contribution in [1.29, 1.82) is 0 Å². The number of carbonyl (C=O) groups is 2. The fourth-order valence-electron chi connectivity index (χ4n) is 2.96. The molecule has 0 radical (unpaired) electrons. The van der Waals surface area contributed by atoms with Gasteiger partial charge >= 0.3 is 12.1 Å². The molecule has 0 saturated carbocycles. The topological polar surface area (TPSA) is 84.9 Å². The molecule has 0 saturated heterocycles. The molecule has 7 heteroatoms. The van der Waals surface area contributed by atoms with Crippen LogP contribution in [-0.4, -0.2) is 28.8 Å². The van der Waals surface area contributed by atoms with E-state index in [2.05, 4.69) is 5.32 Å². The van der Waals surface area contributed by atoms with E-state index in [1.54, 1.807) is 20.8 Å². The Balaban J connectivity index is 2.09. The molecule has 0 aliphatic carbocycles. The van der Waals surface area contributed by atoms with Crippen molar-refractivity contribution in [3.63, 3.8) is 0 Å². The third-order valence-electron chi connectivity index (χ3n) is 4.39. The van der Waals surface area contributed by atoms with E-state index in [9.17, 15) is 14.7 Å². The number of hydrogen-bond acceptors (Lipinski definition) is 4. The maximum absolute atomic E-state index is 12.0. The van der Waals surface area contributed by atoms with Crippen LogP contribution in [0.3, 0.4) is 0 Å². The average molecular weight is 434 g/mol. The number of amides is 1. The number of hydrogen-bond donors (Lipinski definition) is 2. The van der Waals surface area contributed by atoms with Gasteiger partial charge in [-0.2, -0.15) is 0 Å². The van der Waals surface area contributed by atoms with Crippen LogP contribution in [0.2, 0.25) is 5.02 Å². The third-order valence-corrected chi connectivity index (χ3v) is 4.64. The molecule has 0 aliphatic heterocycles. The summed E-state index contributed by atoms with van der Waals surface area (Å²) in [6, 6.07) is 10.0. The Labute approximate surface area is 182 Å². The SMILES string of the molecule is Cc1cc(OCc2ccc(Cl)cc2)cc(C)c1C[C@H](NC(=O)OC(C)(C)C)C(=O)O. The third kappa shape index (κ3) is 7.26. The monoisotopic (exact) mass is 433 g/mol. The lowest BCUT2D eigenvalue weighted by Crippen LogP contribution is -2.44. The van der Waals surface area contributed by atoms with Crippen molar-refractivity contribution in [2.24, 2.45) is 0 Å². The summed E-state index contributed by atoms with van der Waals surface area (Å²) >= 11 is 5.90. The first-order chi connectivity index (χ1) is 13.9. The molecule has 2 aromatic rings. The van der Waals surface area contributed by atoms with Crippen LogP contribution in [-0.2, 0) is 22.6 Å². The fraction of sp³-hybridized carbons (Fsp3) is 0.391. The van der Waals surface area contributed by atoms with Crippen molar-refractivity contribution in [1.82, 2.24) is 5.32 Å². The number of carbonyl (C=O) groups excluding carboxylic acids is 1. The summed E-state index contributed by atoms with van der Waals surface area (Å²) < 4.78 is 11.0. The minimum atomic E-state index is -1.12. The van der Waals surface area contributed by atoms with Gasteiger partial charge in [0.05, 0.1) is 0 Å². The highest BCUT2D eigenvalue weighted by Crippen LogP contribution is 2.24. The molecular formula is C23H28ClNO5. The van der Waals surface area contributed by atoms with E-state index in [0.29, 0.717) is 17.4 Å². The van der Waals surface area contributed by atoms with Gasteiger partial charge in [0.1, 0.15) is 24.0 Å². The van der Waals surface area contributed by atoms with Gasteiger partial charge in [-0.3, -0.25) is 0 Å². The smallest absolute Gasteiger partial charge is 0.408 e. The van der Waals surface area contributed by atoms with Crippen LogP contribution in [0.15, 0.2) is 36.4 Å². The Kier molecular flexibility index (Phi) is 7.73. The molecule has 2 aromatic carbocycles. The van der Waals surface area contributed by atoms with Gasteiger partial charge in [0.2, 0.25) is 0 Å². The van der Waals surface area contributed by atoms with Gasteiger partial charge in [0, 0.05) is 11.4 Å². The minimum Gasteiger partial charge on any atom is -0.489 e. The lowest BCUT2D eigenvalue weighted by molar-refractivity contribution is -0.139. The van der Waals surface area contributed by atoms with Crippen molar-refractivity contribution in [3.05, 3.63) is 63.7 Å². The fourth-order valence-corrected chi connectivity index (χ4v) is 3.09. The second-order valence-corrected chi connectivity index (χ2v) is 8.63. The number of rotatable bonds is 7. The van der Waals surface area contributed by atoms with E-state index in [-0.39, 0.29) is 6.42 Å². The van der Waals surface area contributed by atoms with Crippen LogP contribution in [0.25, 0.3) is 0 Å². The molecule has 2 N–H and O–H groups in total. The van der Waals surface area contributed by atoms with Gasteiger partial charge in [-0.25, -0.2) is 9.59 Å². The quantitative estimate of drug-likeness (QED) is 0.637. The Morgan fingerprint density at radius 2 is 1.67 bits per heavy atom. The first-order valence-electron chi connectivity index (χ1n) is 9.64. The van der Waals surface area contributed by atoms with Crippen LogP contribution in [0.4, 0.5) is 4.79 Å². The van der Waals surface area contributed by atoms with Gasteiger partial charge in [-0.1, -0.05) is 23.7 Å². The molecule has 6 nitrogen and oxygen atoms in total. The molecule has 162 valence electrons. The molecule has 0 fully saturated rings. The second-order valence-electron chi connectivity index (χ2n) is 8.19. The Morgan fingerprint density at radius 1 is 1.10 bits per heavy atom. The highest BCUT2D eigenvalue weighted by Gasteiger charge is 2.25. The van der Waals surface area contributed by atoms with Crippen molar-refractivity contribution < 1.29 is 24.2 Å². The minimum absolute atomic E-state index is 0.143. The van der Waals surface area contributed by atoms with Gasteiger partial charge in [-0.05, 0) is 81.1 Å². The van der Waals surface area contributed by atoms with Gasteiger partial charge in [0.25, 0.3) is 0 Å². The zero-order valence-corrected chi connectivity index (χ0v) is 18.7. The molecule has 0 bridgehead atoms. The summed E-state index contributed by atoms with van der Waals surface area (Å²) in [5.41, 5.74) is 2.91. The summed E-state index contributed by atoms with van der Waals surface area (Å²) in [7, 11) is 0. The first-order valence-corrected chi connectivity index (χ1v) is 10.0. The van der Waals surface area contributed by atoms with Gasteiger partial charge < -0.3 is 19.9 Å². The summed E-state index contributed by atoms with van der Waals surface area (Å²) in [6.07, 6.45) is -0.614. The summed E-state index contributed by atoms with van der Waals surface area (Å²) in [5, 5.41) is 12.7. The van der Waals surface area contributed by atoms with Crippen LogP contribution in [0.5, 0.6) is 5.75 Å². The number of nitrogens with one attached hydrogen (secondary N) is 1. The lowest BCUT2D eigenvalue weighted by atomic mass is 9.96. The number of halogens is 1. The number of ether oxygens (including phenoxy) is 2. The molecule has 0 unspecified atom stereocenters. The second kappa shape index (κ2) is 9.85. The molecular weight excluding hydrogens is 406 g/mol. The Hall–Kier alpha value is -2.73. The van der Waals surface area contributed by atoms with Crippen LogP contribution < -0.4 is 10.1 Å². The summed E-state index contributed by atoms with van der Waals surface area (Å²) in [4.78, 5) is 23.7. The van der Waals surface area contributed by atoms with E-state index in [1.165, 1.54) is 0 Å². The molecule has 1 atom stereocenters. The number of benzene rings is 2. The molecule has 0 heterocycles. The van der Waals surface area contributed by atoms with Crippen molar-refractivity contribution >= 4 is 23.7 Å². The average Bonchev–Trinajstić information content (AvgIpc) is 2.61. The number of carboxylic acids is 1. The van der Waals surface area contributed by atoms with Crippen LogP contribution in [0.1, 0.15) is 43.0 Å². The van der Waals surface area contributed by atoms with E-state index < -0.39 is 23.7 Å². The maximum Gasteiger partial charge on any atom is 0.408 e. The van der Waals surface area contributed by atoms with Crippen LogP contribution >= 0.6 is 11.6 Å². The summed E-state index contributed by atoms with van der Waals surface area (Å²) in [5.74, 6) is -0.432. The first kappa shape index (κ1) is 23.5. The predicted octanol–water partition coefficient (Wildman–Crippen LogP) is 5.06. The Bertz CT molecular complexity index is 880. The normalized spacial score (nSPS) is 12.2. The molecule has 30 heavy (non-hydrogen) atoms. The number of alkyl carbamates (subject to hydrolysis) is 1. The number of aryl methyl sites for hydroxylation is 2. The van der Waals surface area contributed by atoms with Gasteiger partial charge in [0.15, 0.2) is 0 Å². The van der Waals surface area contributed by atoms with E-state index in [0.717, 1.165) is 22.3 Å². The lowest BCUT2D eigenvalue weighted by Gasteiger charge is -2.23. The number of carboxylic acid groups (broad SMARTS) is 1. The van der Waals surface area contributed by atoms with E-state index in [4.69, 9.17) is 21.1 Å². The molecule has 1 amide bonds. The maximum atomic E-state index is 12.0. The zero-order chi connectivity index (χ0) is 22.5. The van der Waals surface area contributed by atoms with E-state index in [1.807, 2.05) is 50.2 Å². The number of aliphatic carboxylic acids is 1.